The van der Waals surface area contributed by atoms with Crippen LogP contribution in [-0.2, 0) is 12.0 Å². The summed E-state index contributed by atoms with van der Waals surface area (Å²) in [5, 5.41) is 7.55. The van der Waals surface area contributed by atoms with Crippen molar-refractivity contribution in [2.45, 2.75) is 32.8 Å². The van der Waals surface area contributed by atoms with Gasteiger partial charge in [-0.1, -0.05) is 30.4 Å². The van der Waals surface area contributed by atoms with Gasteiger partial charge in [0.15, 0.2) is 5.82 Å². The van der Waals surface area contributed by atoms with Crippen LogP contribution in [0.4, 0.5) is 0 Å². The van der Waals surface area contributed by atoms with Crippen LogP contribution in [0.15, 0.2) is 10.7 Å². The van der Waals surface area contributed by atoms with Gasteiger partial charge in [-0.15, -0.1) is 5.10 Å². The maximum atomic E-state index is 5.32. The molecule has 0 saturated carbocycles. The molecule has 0 amide bonds. The molecule has 0 aromatic carbocycles. The van der Waals surface area contributed by atoms with Gasteiger partial charge in [0, 0.05) is 5.41 Å². The van der Waals surface area contributed by atoms with Crippen LogP contribution in [0.5, 0.6) is 6.08 Å². The normalized spacial score (nSPS) is 11.7. The highest BCUT2D eigenvalue weighted by molar-refractivity contribution is 7.05. The van der Waals surface area contributed by atoms with Gasteiger partial charge in [-0.25, -0.2) is 0 Å². The molecule has 7 heteroatoms. The van der Waals surface area contributed by atoms with E-state index < -0.39 is 0 Å². The third-order valence-corrected chi connectivity index (χ3v) is 2.46. The van der Waals surface area contributed by atoms with Crippen molar-refractivity contribution in [1.82, 2.24) is 19.7 Å². The van der Waals surface area contributed by atoms with Gasteiger partial charge < -0.3 is 4.74 Å². The number of aromatic nitrogens is 4. The summed E-state index contributed by atoms with van der Waals surface area (Å²) in [4.78, 5) is 5.06. The molecule has 0 atom stereocenters. The molecule has 2 rings (SSSR count). The minimum atomic E-state index is -0.142. The van der Waals surface area contributed by atoms with Crippen LogP contribution in [0, 0.1) is 0 Å². The van der Waals surface area contributed by atoms with Crippen molar-refractivity contribution < 1.29 is 9.26 Å². The molecular formula is C9H12N4O2S. The summed E-state index contributed by atoms with van der Waals surface area (Å²) in [7, 11) is 0. The fraction of sp³-hybridized carbons (Fsp3) is 0.556. The van der Waals surface area contributed by atoms with Crippen molar-refractivity contribution >= 4 is 11.5 Å². The second-order valence-electron chi connectivity index (χ2n) is 4.31. The first-order chi connectivity index (χ1) is 7.55. The summed E-state index contributed by atoms with van der Waals surface area (Å²) >= 11 is 1.28. The van der Waals surface area contributed by atoms with Gasteiger partial charge in [-0.3, -0.25) is 4.52 Å². The van der Waals surface area contributed by atoms with Crippen LogP contribution in [0.1, 0.15) is 31.5 Å². The highest BCUT2D eigenvalue weighted by atomic mass is 32.1. The Hall–Kier alpha value is -1.50. The minimum Gasteiger partial charge on any atom is -0.443 e. The molecule has 0 fully saturated rings. The third-order valence-electron chi connectivity index (χ3n) is 1.82. The van der Waals surface area contributed by atoms with Crippen molar-refractivity contribution in [3.63, 3.8) is 0 Å². The van der Waals surface area contributed by atoms with Crippen LogP contribution >= 0.6 is 11.5 Å². The van der Waals surface area contributed by atoms with Crippen molar-refractivity contribution in [2.24, 2.45) is 0 Å². The van der Waals surface area contributed by atoms with E-state index in [2.05, 4.69) is 19.7 Å². The molecule has 0 aliphatic heterocycles. The van der Waals surface area contributed by atoms with Crippen LogP contribution in [0.3, 0.4) is 0 Å². The van der Waals surface area contributed by atoms with Gasteiger partial charge in [-0.05, 0) is 11.5 Å². The Kier molecular flexibility index (Phi) is 2.86. The van der Waals surface area contributed by atoms with E-state index in [0.29, 0.717) is 12.4 Å². The maximum Gasteiger partial charge on any atom is 0.417 e. The number of hydrogen-bond acceptors (Lipinski definition) is 7. The second-order valence-corrected chi connectivity index (χ2v) is 5.18. The maximum absolute atomic E-state index is 5.32. The Morgan fingerprint density at radius 1 is 1.44 bits per heavy atom. The highest BCUT2D eigenvalue weighted by Gasteiger charge is 2.21. The smallest absolute Gasteiger partial charge is 0.417 e. The monoisotopic (exact) mass is 240 g/mol. The van der Waals surface area contributed by atoms with Crippen molar-refractivity contribution in [2.75, 3.05) is 0 Å². The lowest BCUT2D eigenvalue weighted by Crippen LogP contribution is -2.13. The molecule has 0 unspecified atom stereocenters. The Morgan fingerprint density at radius 2 is 2.25 bits per heavy atom. The van der Waals surface area contributed by atoms with Crippen molar-refractivity contribution in [3.8, 4) is 6.08 Å². The average molecular weight is 240 g/mol. The van der Waals surface area contributed by atoms with E-state index in [1.54, 1.807) is 6.20 Å². The van der Waals surface area contributed by atoms with E-state index in [1.807, 2.05) is 20.8 Å². The Bertz CT molecular complexity index is 446. The first-order valence-electron chi connectivity index (χ1n) is 4.79. The standard InChI is InChI=1S/C9H12N4O2S/c1-9(2,3)7-11-8(15-12-7)14-5-6-4-10-13-16-6/h4H,5H2,1-3H3. The van der Waals surface area contributed by atoms with Crippen LogP contribution in [-0.4, -0.2) is 19.7 Å². The SMILES string of the molecule is CC(C)(C)c1noc(OCc2cnns2)n1. The molecule has 16 heavy (non-hydrogen) atoms. The van der Waals surface area contributed by atoms with Crippen molar-refractivity contribution in [1.29, 1.82) is 0 Å². The summed E-state index contributed by atoms with van der Waals surface area (Å²) in [6, 6.07) is 0. The zero-order chi connectivity index (χ0) is 11.6. The van der Waals surface area contributed by atoms with E-state index in [1.165, 1.54) is 11.5 Å². The van der Waals surface area contributed by atoms with Gasteiger partial charge in [0.05, 0.1) is 11.1 Å². The van der Waals surface area contributed by atoms with Gasteiger partial charge in [0.1, 0.15) is 6.61 Å². The Morgan fingerprint density at radius 3 is 2.81 bits per heavy atom. The largest absolute Gasteiger partial charge is 0.443 e. The van der Waals surface area contributed by atoms with Crippen LogP contribution in [0.25, 0.3) is 0 Å². The predicted molar refractivity (Wildman–Crippen MR) is 57.2 cm³/mol. The Labute approximate surface area is 96.8 Å². The molecule has 0 N–H and O–H groups in total. The summed E-state index contributed by atoms with van der Waals surface area (Å²) in [6.45, 7) is 6.38. The third kappa shape index (κ3) is 2.54. The first kappa shape index (κ1) is 11.0. The summed E-state index contributed by atoms with van der Waals surface area (Å²) in [6.07, 6.45) is 1.82. The zero-order valence-electron chi connectivity index (χ0n) is 9.30. The van der Waals surface area contributed by atoms with Crippen LogP contribution < -0.4 is 4.74 Å². The molecule has 86 valence electrons. The number of ether oxygens (including phenoxy) is 1. The second kappa shape index (κ2) is 4.17. The lowest BCUT2D eigenvalue weighted by atomic mass is 9.96. The summed E-state index contributed by atoms with van der Waals surface area (Å²) in [5.74, 6) is 0.630. The molecule has 0 radical (unpaired) electrons. The molecule has 2 aromatic heterocycles. The molecule has 0 spiro atoms. The van der Waals surface area contributed by atoms with E-state index in [4.69, 9.17) is 9.26 Å². The molecule has 0 aliphatic rings. The fourth-order valence-corrected chi connectivity index (χ4v) is 1.36. The van der Waals surface area contributed by atoms with E-state index in [-0.39, 0.29) is 11.5 Å². The first-order valence-corrected chi connectivity index (χ1v) is 5.56. The summed E-state index contributed by atoms with van der Waals surface area (Å²) < 4.78 is 14.0. The average Bonchev–Trinajstić information content (AvgIpc) is 2.85. The molecule has 0 saturated heterocycles. The highest BCUT2D eigenvalue weighted by Crippen LogP contribution is 2.21. The van der Waals surface area contributed by atoms with Crippen molar-refractivity contribution in [3.05, 3.63) is 16.9 Å². The molecule has 2 heterocycles. The van der Waals surface area contributed by atoms with Gasteiger partial charge >= 0.3 is 6.08 Å². The number of hydrogen-bond donors (Lipinski definition) is 0. The molecular weight excluding hydrogens is 228 g/mol. The lowest BCUT2D eigenvalue weighted by Gasteiger charge is -2.10. The predicted octanol–water partition coefficient (Wildman–Crippen LogP) is 1.80. The van der Waals surface area contributed by atoms with Gasteiger partial charge in [0.25, 0.3) is 0 Å². The molecule has 0 bridgehead atoms. The van der Waals surface area contributed by atoms with Gasteiger partial charge in [-0.2, -0.15) is 4.98 Å². The van der Waals surface area contributed by atoms with E-state index in [9.17, 15) is 0 Å². The number of rotatable bonds is 3. The van der Waals surface area contributed by atoms with E-state index >= 15 is 0 Å². The summed E-state index contributed by atoms with van der Waals surface area (Å²) in [5.41, 5.74) is -0.142. The quantitative estimate of drug-likeness (QED) is 0.814. The topological polar surface area (TPSA) is 73.9 Å². The van der Waals surface area contributed by atoms with Gasteiger partial charge in [0.2, 0.25) is 0 Å². The molecule has 0 aliphatic carbocycles. The van der Waals surface area contributed by atoms with E-state index in [0.717, 1.165) is 4.88 Å². The lowest BCUT2D eigenvalue weighted by molar-refractivity contribution is 0.196. The zero-order valence-corrected chi connectivity index (χ0v) is 10.1. The molecule has 6 nitrogen and oxygen atoms in total. The molecule has 2 aromatic rings. The van der Waals surface area contributed by atoms with Crippen LogP contribution in [0.2, 0.25) is 0 Å². The number of nitrogens with zero attached hydrogens (tertiary/aromatic N) is 4. The fourth-order valence-electron chi connectivity index (χ4n) is 0.957. The minimum absolute atomic E-state index is 0.142. The Balaban J connectivity index is 1.98.